The third-order valence-electron chi connectivity index (χ3n) is 1.99. The molecule has 1 fully saturated rings. The van der Waals surface area contributed by atoms with Crippen molar-refractivity contribution in [1.29, 1.82) is 0 Å². The van der Waals surface area contributed by atoms with Gasteiger partial charge in [0.2, 0.25) is 0 Å². The summed E-state index contributed by atoms with van der Waals surface area (Å²) in [7, 11) is 1.42. The van der Waals surface area contributed by atoms with E-state index in [1.165, 1.54) is 24.8 Å². The average Bonchev–Trinajstić information content (AvgIpc) is 2.83. The van der Waals surface area contributed by atoms with Crippen LogP contribution in [0.5, 0.6) is 0 Å². The van der Waals surface area contributed by atoms with E-state index in [9.17, 15) is 4.79 Å². The third-order valence-corrected chi connectivity index (χ3v) is 3.22. The number of carbonyl (C=O) groups excluding carboxylic acids is 1. The second-order valence-electron chi connectivity index (χ2n) is 2.97. The maximum absolute atomic E-state index is 11.1. The van der Waals surface area contributed by atoms with E-state index in [1.54, 1.807) is 11.3 Å². The molecule has 1 aromatic heterocycles. The van der Waals surface area contributed by atoms with Crippen molar-refractivity contribution in [2.75, 3.05) is 7.11 Å². The first-order valence-corrected chi connectivity index (χ1v) is 4.81. The minimum atomic E-state index is -0.216. The molecule has 0 unspecified atom stereocenters. The summed E-state index contributed by atoms with van der Waals surface area (Å²) >= 11 is 1.56. The number of ether oxygens (including phenoxy) is 1. The van der Waals surface area contributed by atoms with Gasteiger partial charge in [-0.2, -0.15) is 0 Å². The molecule has 0 N–H and O–H groups in total. The number of methoxy groups -OCH3 is 1. The predicted octanol–water partition coefficient (Wildman–Crippen LogP) is 2.41. The van der Waals surface area contributed by atoms with Crippen LogP contribution in [0.15, 0.2) is 12.1 Å². The topological polar surface area (TPSA) is 26.3 Å². The van der Waals surface area contributed by atoms with Crippen molar-refractivity contribution >= 4 is 17.3 Å². The van der Waals surface area contributed by atoms with Gasteiger partial charge in [0.1, 0.15) is 4.88 Å². The Morgan fingerprint density at radius 3 is 2.92 bits per heavy atom. The average molecular weight is 182 g/mol. The van der Waals surface area contributed by atoms with Crippen LogP contribution in [0.1, 0.15) is 33.3 Å². The van der Waals surface area contributed by atoms with E-state index in [2.05, 4.69) is 4.74 Å². The number of hydrogen-bond acceptors (Lipinski definition) is 3. The van der Waals surface area contributed by atoms with Gasteiger partial charge in [-0.3, -0.25) is 0 Å². The number of esters is 1. The fraction of sp³-hybridized carbons (Fsp3) is 0.444. The van der Waals surface area contributed by atoms with Crippen LogP contribution in [0.3, 0.4) is 0 Å². The molecule has 0 saturated heterocycles. The van der Waals surface area contributed by atoms with E-state index < -0.39 is 0 Å². The van der Waals surface area contributed by atoms with Crippen molar-refractivity contribution < 1.29 is 9.53 Å². The van der Waals surface area contributed by atoms with Crippen LogP contribution < -0.4 is 0 Å². The molecular weight excluding hydrogens is 172 g/mol. The predicted molar refractivity (Wildman–Crippen MR) is 47.6 cm³/mol. The number of thiophene rings is 1. The van der Waals surface area contributed by atoms with Crippen molar-refractivity contribution in [3.8, 4) is 0 Å². The van der Waals surface area contributed by atoms with Gasteiger partial charge in [-0.25, -0.2) is 4.79 Å². The maximum Gasteiger partial charge on any atom is 0.348 e. The largest absolute Gasteiger partial charge is 0.465 e. The lowest BCUT2D eigenvalue weighted by atomic mass is 10.3. The molecule has 1 aliphatic carbocycles. The smallest absolute Gasteiger partial charge is 0.348 e. The Bertz CT molecular complexity index is 299. The van der Waals surface area contributed by atoms with Gasteiger partial charge in [0, 0.05) is 4.88 Å². The molecule has 0 aliphatic heterocycles. The highest BCUT2D eigenvalue weighted by atomic mass is 32.1. The molecule has 1 aromatic rings. The molecule has 0 aromatic carbocycles. The van der Waals surface area contributed by atoms with Crippen LogP contribution in [-0.4, -0.2) is 13.1 Å². The molecule has 2 nitrogen and oxygen atoms in total. The molecule has 64 valence electrons. The Labute approximate surface area is 75.2 Å². The van der Waals surface area contributed by atoms with Crippen LogP contribution in [0, 0.1) is 0 Å². The zero-order chi connectivity index (χ0) is 8.55. The Kier molecular flexibility index (Phi) is 1.89. The molecular formula is C9H10O2S. The van der Waals surface area contributed by atoms with Gasteiger partial charge in [-0.1, -0.05) is 0 Å². The lowest BCUT2D eigenvalue weighted by Crippen LogP contribution is -1.96. The van der Waals surface area contributed by atoms with Crippen LogP contribution in [0.2, 0.25) is 0 Å². The summed E-state index contributed by atoms with van der Waals surface area (Å²) in [6.07, 6.45) is 2.56. The zero-order valence-corrected chi connectivity index (χ0v) is 7.69. The Morgan fingerprint density at radius 2 is 2.33 bits per heavy atom. The lowest BCUT2D eigenvalue weighted by molar-refractivity contribution is 0.0606. The molecule has 0 amide bonds. The fourth-order valence-corrected chi connectivity index (χ4v) is 2.25. The van der Waals surface area contributed by atoms with E-state index in [4.69, 9.17) is 0 Å². The van der Waals surface area contributed by atoms with E-state index >= 15 is 0 Å². The summed E-state index contributed by atoms with van der Waals surface area (Å²) in [4.78, 5) is 13.1. The molecule has 3 heteroatoms. The first-order valence-electron chi connectivity index (χ1n) is 3.99. The van der Waals surface area contributed by atoms with Gasteiger partial charge < -0.3 is 4.74 Å². The van der Waals surface area contributed by atoms with Gasteiger partial charge in [0.15, 0.2) is 0 Å². The number of hydrogen-bond donors (Lipinski definition) is 0. The van der Waals surface area contributed by atoms with Crippen LogP contribution in [0.25, 0.3) is 0 Å². The monoisotopic (exact) mass is 182 g/mol. The first kappa shape index (κ1) is 7.80. The van der Waals surface area contributed by atoms with Crippen molar-refractivity contribution in [2.45, 2.75) is 18.8 Å². The van der Waals surface area contributed by atoms with Gasteiger partial charge >= 0.3 is 5.97 Å². The molecule has 1 saturated carbocycles. The standard InChI is InChI=1S/C9H10O2S/c1-11-9(10)8-5-4-7(12-8)6-2-3-6/h4-6H,2-3H2,1H3. The SMILES string of the molecule is COC(=O)c1ccc(C2CC2)s1. The highest BCUT2D eigenvalue weighted by Crippen LogP contribution is 2.43. The van der Waals surface area contributed by atoms with Gasteiger partial charge in [-0.15, -0.1) is 11.3 Å². The first-order chi connectivity index (χ1) is 5.81. The van der Waals surface area contributed by atoms with Crippen molar-refractivity contribution in [3.05, 3.63) is 21.9 Å². The normalized spacial score (nSPS) is 16.1. The zero-order valence-electron chi connectivity index (χ0n) is 6.87. The Hall–Kier alpha value is -0.830. The molecule has 1 heterocycles. The molecule has 2 rings (SSSR count). The maximum atomic E-state index is 11.1. The third kappa shape index (κ3) is 1.37. The summed E-state index contributed by atoms with van der Waals surface area (Å²) in [5.41, 5.74) is 0. The summed E-state index contributed by atoms with van der Waals surface area (Å²) in [6, 6.07) is 3.89. The van der Waals surface area contributed by atoms with Crippen molar-refractivity contribution in [2.24, 2.45) is 0 Å². The molecule has 0 bridgehead atoms. The summed E-state index contributed by atoms with van der Waals surface area (Å²) in [5, 5.41) is 0. The van der Waals surface area contributed by atoms with E-state index in [-0.39, 0.29) is 5.97 Å². The minimum absolute atomic E-state index is 0.216. The molecule has 0 spiro atoms. The molecule has 1 aliphatic rings. The summed E-state index contributed by atoms with van der Waals surface area (Å²) < 4.78 is 4.62. The number of rotatable bonds is 2. The molecule has 0 radical (unpaired) electrons. The van der Waals surface area contributed by atoms with Gasteiger partial charge in [0.25, 0.3) is 0 Å². The summed E-state index contributed by atoms with van der Waals surface area (Å²) in [6.45, 7) is 0. The quantitative estimate of drug-likeness (QED) is 0.656. The van der Waals surface area contributed by atoms with Crippen LogP contribution >= 0.6 is 11.3 Å². The molecule has 0 atom stereocenters. The second kappa shape index (κ2) is 2.90. The van der Waals surface area contributed by atoms with Crippen molar-refractivity contribution in [1.82, 2.24) is 0 Å². The second-order valence-corrected chi connectivity index (χ2v) is 4.08. The van der Waals surface area contributed by atoms with E-state index in [1.807, 2.05) is 12.1 Å². The highest BCUT2D eigenvalue weighted by molar-refractivity contribution is 7.14. The van der Waals surface area contributed by atoms with E-state index in [0.29, 0.717) is 0 Å². The van der Waals surface area contributed by atoms with Crippen LogP contribution in [-0.2, 0) is 4.74 Å². The highest BCUT2D eigenvalue weighted by Gasteiger charge is 2.25. The van der Waals surface area contributed by atoms with Crippen LogP contribution in [0.4, 0.5) is 0 Å². The van der Waals surface area contributed by atoms with Gasteiger partial charge in [0.05, 0.1) is 7.11 Å². The lowest BCUT2D eigenvalue weighted by Gasteiger charge is -1.91. The van der Waals surface area contributed by atoms with Gasteiger partial charge in [-0.05, 0) is 30.9 Å². The fourth-order valence-electron chi connectivity index (χ4n) is 1.15. The van der Waals surface area contributed by atoms with E-state index in [0.717, 1.165) is 10.8 Å². The Balaban J connectivity index is 2.17. The summed E-state index contributed by atoms with van der Waals surface area (Å²) in [5.74, 6) is 0.514. The minimum Gasteiger partial charge on any atom is -0.465 e. The van der Waals surface area contributed by atoms with Crippen molar-refractivity contribution in [3.63, 3.8) is 0 Å². The Morgan fingerprint density at radius 1 is 1.58 bits per heavy atom. The number of carbonyl (C=O) groups is 1. The molecule has 12 heavy (non-hydrogen) atoms.